The second-order valence-corrected chi connectivity index (χ2v) is 4.06. The number of aromatic carboxylic acids is 1. The van der Waals surface area contributed by atoms with E-state index < -0.39 is 5.97 Å². The van der Waals surface area contributed by atoms with E-state index in [0.29, 0.717) is 18.1 Å². The highest BCUT2D eigenvalue weighted by molar-refractivity contribution is 5.88. The van der Waals surface area contributed by atoms with E-state index in [4.69, 9.17) is 9.52 Å². The van der Waals surface area contributed by atoms with Crippen LogP contribution in [-0.4, -0.2) is 42.7 Å². The van der Waals surface area contributed by atoms with Crippen molar-refractivity contribution in [1.82, 2.24) is 10.2 Å². The van der Waals surface area contributed by atoms with Gasteiger partial charge >= 0.3 is 5.97 Å². The van der Waals surface area contributed by atoms with Crippen LogP contribution in [0.1, 0.15) is 28.8 Å². The largest absolute Gasteiger partial charge is 0.478 e. The minimum atomic E-state index is -0.941. The van der Waals surface area contributed by atoms with Crippen LogP contribution in [0.2, 0.25) is 0 Å². The highest BCUT2D eigenvalue weighted by atomic mass is 16.4. The zero-order chi connectivity index (χ0) is 12.8. The van der Waals surface area contributed by atoms with Gasteiger partial charge in [-0.05, 0) is 26.6 Å². The van der Waals surface area contributed by atoms with E-state index in [1.54, 1.807) is 13.0 Å². The molecule has 0 aromatic carbocycles. The zero-order valence-electron chi connectivity index (χ0n) is 10.6. The molecule has 17 heavy (non-hydrogen) atoms. The summed E-state index contributed by atoms with van der Waals surface area (Å²) < 4.78 is 5.35. The van der Waals surface area contributed by atoms with Crippen LogP contribution in [0.25, 0.3) is 0 Å². The average Bonchev–Trinajstić information content (AvgIpc) is 2.65. The van der Waals surface area contributed by atoms with Crippen molar-refractivity contribution in [1.29, 1.82) is 0 Å². The van der Waals surface area contributed by atoms with Crippen molar-refractivity contribution in [3.8, 4) is 0 Å². The van der Waals surface area contributed by atoms with Crippen LogP contribution in [0.5, 0.6) is 0 Å². The molecule has 2 N–H and O–H groups in total. The number of nitrogens with zero attached hydrogens (tertiary/aromatic N) is 1. The Morgan fingerprint density at radius 1 is 1.59 bits per heavy atom. The zero-order valence-corrected chi connectivity index (χ0v) is 10.6. The van der Waals surface area contributed by atoms with E-state index in [0.717, 1.165) is 19.6 Å². The minimum Gasteiger partial charge on any atom is -0.478 e. The number of rotatable bonds is 7. The number of hydrogen-bond donors (Lipinski definition) is 2. The summed E-state index contributed by atoms with van der Waals surface area (Å²) in [5.41, 5.74) is 0.243. The topological polar surface area (TPSA) is 65.7 Å². The van der Waals surface area contributed by atoms with E-state index in [2.05, 4.69) is 24.2 Å². The van der Waals surface area contributed by atoms with Gasteiger partial charge < -0.3 is 19.7 Å². The fourth-order valence-corrected chi connectivity index (χ4v) is 1.48. The van der Waals surface area contributed by atoms with Crippen LogP contribution in [-0.2, 0) is 6.54 Å². The molecule has 0 spiro atoms. The maximum Gasteiger partial charge on any atom is 0.339 e. The van der Waals surface area contributed by atoms with Crippen LogP contribution in [0, 0.1) is 6.92 Å². The Balaban J connectivity index is 2.37. The smallest absolute Gasteiger partial charge is 0.339 e. The molecule has 0 atom stereocenters. The van der Waals surface area contributed by atoms with Gasteiger partial charge in [-0.2, -0.15) is 0 Å². The van der Waals surface area contributed by atoms with Gasteiger partial charge in [-0.1, -0.05) is 6.92 Å². The molecule has 0 aliphatic rings. The highest BCUT2D eigenvalue weighted by Gasteiger charge is 2.12. The Kier molecular flexibility index (Phi) is 5.18. The van der Waals surface area contributed by atoms with E-state index in [1.165, 1.54) is 0 Å². The average molecular weight is 240 g/mol. The molecule has 96 valence electrons. The number of carboxylic acids is 1. The summed E-state index contributed by atoms with van der Waals surface area (Å²) in [4.78, 5) is 13.0. The molecule has 0 unspecified atom stereocenters. The van der Waals surface area contributed by atoms with Crippen molar-refractivity contribution in [3.63, 3.8) is 0 Å². The third kappa shape index (κ3) is 4.20. The Morgan fingerprint density at radius 2 is 2.29 bits per heavy atom. The van der Waals surface area contributed by atoms with Crippen molar-refractivity contribution in [2.75, 3.05) is 26.7 Å². The molecule has 0 fully saturated rings. The molecule has 0 amide bonds. The molecule has 1 aromatic heterocycles. The first kappa shape index (κ1) is 13.7. The molecule has 0 saturated heterocycles. The minimum absolute atomic E-state index is 0.243. The predicted molar refractivity (Wildman–Crippen MR) is 65.3 cm³/mol. The van der Waals surface area contributed by atoms with Crippen molar-refractivity contribution in [2.45, 2.75) is 20.4 Å². The van der Waals surface area contributed by atoms with Gasteiger partial charge in [0.05, 0.1) is 6.54 Å². The summed E-state index contributed by atoms with van der Waals surface area (Å²) in [5, 5.41) is 12.1. The first-order valence-corrected chi connectivity index (χ1v) is 5.76. The Morgan fingerprint density at radius 3 is 2.82 bits per heavy atom. The van der Waals surface area contributed by atoms with E-state index in [1.807, 2.05) is 0 Å². The normalized spacial score (nSPS) is 11.1. The maximum atomic E-state index is 10.8. The third-order valence-corrected chi connectivity index (χ3v) is 2.71. The van der Waals surface area contributed by atoms with Gasteiger partial charge in [0.15, 0.2) is 0 Å². The molecule has 0 aliphatic carbocycles. The van der Waals surface area contributed by atoms with Crippen molar-refractivity contribution in [3.05, 3.63) is 23.2 Å². The lowest BCUT2D eigenvalue weighted by atomic mass is 10.2. The van der Waals surface area contributed by atoms with Crippen LogP contribution in [0.4, 0.5) is 0 Å². The molecule has 0 bridgehead atoms. The van der Waals surface area contributed by atoms with Crippen LogP contribution >= 0.6 is 0 Å². The number of furan rings is 1. The quantitative estimate of drug-likeness (QED) is 0.704. The monoisotopic (exact) mass is 240 g/mol. The van der Waals surface area contributed by atoms with E-state index >= 15 is 0 Å². The predicted octanol–water partition coefficient (Wildman–Crippen LogP) is 1.33. The van der Waals surface area contributed by atoms with E-state index in [-0.39, 0.29) is 5.56 Å². The van der Waals surface area contributed by atoms with Crippen molar-refractivity contribution >= 4 is 5.97 Å². The first-order chi connectivity index (χ1) is 8.04. The molecule has 0 saturated carbocycles. The van der Waals surface area contributed by atoms with E-state index in [9.17, 15) is 4.79 Å². The number of carbonyl (C=O) groups is 1. The molecule has 1 heterocycles. The molecular formula is C12H20N2O3. The molecule has 0 radical (unpaired) electrons. The molecule has 0 aliphatic heterocycles. The number of hydrogen-bond acceptors (Lipinski definition) is 4. The highest BCUT2D eigenvalue weighted by Crippen LogP contribution is 2.14. The van der Waals surface area contributed by atoms with Gasteiger partial charge in [-0.25, -0.2) is 4.79 Å². The molecule has 5 heteroatoms. The van der Waals surface area contributed by atoms with Gasteiger partial charge in [0, 0.05) is 13.1 Å². The van der Waals surface area contributed by atoms with Crippen LogP contribution in [0.15, 0.2) is 10.5 Å². The standard InChI is InChI=1S/C12H20N2O3/c1-4-14(3)6-5-13-8-10-7-11(12(15)16)9(2)17-10/h7,13H,4-6,8H2,1-3H3,(H,15,16). The summed E-state index contributed by atoms with van der Waals surface area (Å²) in [5.74, 6) is 0.183. The Hall–Kier alpha value is -1.33. The summed E-state index contributed by atoms with van der Waals surface area (Å²) in [6.07, 6.45) is 0. The first-order valence-electron chi connectivity index (χ1n) is 5.76. The summed E-state index contributed by atoms with van der Waals surface area (Å²) in [6.45, 7) is 7.16. The summed E-state index contributed by atoms with van der Waals surface area (Å²) >= 11 is 0. The second kappa shape index (κ2) is 6.42. The van der Waals surface area contributed by atoms with Crippen molar-refractivity contribution < 1.29 is 14.3 Å². The van der Waals surface area contributed by atoms with Gasteiger partial charge in [-0.15, -0.1) is 0 Å². The van der Waals surface area contributed by atoms with Gasteiger partial charge in [0.2, 0.25) is 0 Å². The Bertz CT molecular complexity index is 374. The summed E-state index contributed by atoms with van der Waals surface area (Å²) in [6, 6.07) is 1.58. The van der Waals surface area contributed by atoms with Crippen LogP contribution in [0.3, 0.4) is 0 Å². The molecule has 1 rings (SSSR count). The SMILES string of the molecule is CCN(C)CCNCc1cc(C(=O)O)c(C)o1. The fourth-order valence-electron chi connectivity index (χ4n) is 1.48. The Labute approximate surface area is 101 Å². The lowest BCUT2D eigenvalue weighted by molar-refractivity contribution is 0.0695. The van der Waals surface area contributed by atoms with Crippen LogP contribution < -0.4 is 5.32 Å². The third-order valence-electron chi connectivity index (χ3n) is 2.71. The lowest BCUT2D eigenvalue weighted by Crippen LogP contribution is -2.28. The number of aryl methyl sites for hydroxylation is 1. The fraction of sp³-hybridized carbons (Fsp3) is 0.583. The summed E-state index contributed by atoms with van der Waals surface area (Å²) in [7, 11) is 2.06. The maximum absolute atomic E-state index is 10.8. The lowest BCUT2D eigenvalue weighted by Gasteiger charge is -2.13. The van der Waals surface area contributed by atoms with Gasteiger partial charge in [0.25, 0.3) is 0 Å². The van der Waals surface area contributed by atoms with Gasteiger partial charge in [0.1, 0.15) is 17.1 Å². The second-order valence-electron chi connectivity index (χ2n) is 4.06. The number of likely N-dealkylation sites (N-methyl/N-ethyl adjacent to an activating group) is 1. The van der Waals surface area contributed by atoms with Gasteiger partial charge in [-0.3, -0.25) is 0 Å². The molecular weight excluding hydrogens is 220 g/mol. The number of carboxylic acid groups (broad SMARTS) is 1. The van der Waals surface area contributed by atoms with Crippen molar-refractivity contribution in [2.24, 2.45) is 0 Å². The molecule has 5 nitrogen and oxygen atoms in total. The molecule has 1 aromatic rings. The number of nitrogens with one attached hydrogen (secondary N) is 1.